The van der Waals surface area contributed by atoms with Crippen molar-refractivity contribution in [1.29, 1.82) is 0 Å². The Labute approximate surface area is 108 Å². The van der Waals surface area contributed by atoms with Gasteiger partial charge in [0.25, 0.3) is 0 Å². The molecule has 0 bridgehead atoms. The molecule has 1 fully saturated rings. The first-order valence-corrected chi connectivity index (χ1v) is 6.52. The molecule has 4 heteroatoms. The zero-order valence-electron chi connectivity index (χ0n) is 11.1. The van der Waals surface area contributed by atoms with Gasteiger partial charge in [0.2, 0.25) is 0 Å². The highest BCUT2D eigenvalue weighted by atomic mass is 19.1. The van der Waals surface area contributed by atoms with Crippen molar-refractivity contribution in [2.24, 2.45) is 0 Å². The Bertz CT molecular complexity index is 389. The Balaban J connectivity index is 2.18. The van der Waals surface area contributed by atoms with Gasteiger partial charge in [-0.1, -0.05) is 6.07 Å². The lowest BCUT2D eigenvalue weighted by Crippen LogP contribution is -2.27. The van der Waals surface area contributed by atoms with Crippen LogP contribution in [-0.2, 0) is 4.74 Å². The van der Waals surface area contributed by atoms with Crippen molar-refractivity contribution in [2.45, 2.75) is 19.4 Å². The van der Waals surface area contributed by atoms with E-state index >= 15 is 0 Å². The fourth-order valence-electron chi connectivity index (χ4n) is 2.20. The molecule has 1 N–H and O–H groups in total. The maximum Gasteiger partial charge on any atom is 0.146 e. The molecule has 0 aromatic heterocycles. The number of anilines is 1. The maximum absolute atomic E-state index is 14.2. The van der Waals surface area contributed by atoms with Crippen LogP contribution in [0.1, 0.15) is 24.9 Å². The molecule has 1 saturated heterocycles. The Morgan fingerprint density at radius 3 is 2.89 bits per heavy atom. The van der Waals surface area contributed by atoms with Crippen molar-refractivity contribution in [2.75, 3.05) is 38.3 Å². The van der Waals surface area contributed by atoms with E-state index in [0.29, 0.717) is 12.3 Å². The van der Waals surface area contributed by atoms with Gasteiger partial charge >= 0.3 is 0 Å². The minimum Gasteiger partial charge on any atom is -0.380 e. The van der Waals surface area contributed by atoms with E-state index < -0.39 is 0 Å². The summed E-state index contributed by atoms with van der Waals surface area (Å²) in [4.78, 5) is 2.07. The van der Waals surface area contributed by atoms with Crippen molar-refractivity contribution in [3.63, 3.8) is 0 Å². The quantitative estimate of drug-likeness (QED) is 0.893. The number of ether oxygens (including phenoxy) is 1. The van der Waals surface area contributed by atoms with Gasteiger partial charge in [-0.3, -0.25) is 0 Å². The molecule has 0 spiro atoms. The van der Waals surface area contributed by atoms with Crippen LogP contribution in [-0.4, -0.2) is 33.4 Å². The third-order valence-corrected chi connectivity index (χ3v) is 3.47. The molecule has 1 aromatic rings. The number of hydrogen-bond donors (Lipinski definition) is 1. The number of nitrogens with zero attached hydrogens (tertiary/aromatic N) is 1. The second-order valence-corrected chi connectivity index (χ2v) is 4.67. The Morgan fingerprint density at radius 1 is 1.33 bits per heavy atom. The van der Waals surface area contributed by atoms with Gasteiger partial charge in [-0.15, -0.1) is 0 Å². The smallest absolute Gasteiger partial charge is 0.146 e. The van der Waals surface area contributed by atoms with E-state index in [9.17, 15) is 4.39 Å². The molecule has 1 aliphatic rings. The number of benzene rings is 1. The van der Waals surface area contributed by atoms with Crippen molar-refractivity contribution < 1.29 is 9.13 Å². The van der Waals surface area contributed by atoms with Crippen molar-refractivity contribution >= 4 is 5.69 Å². The molecule has 0 amide bonds. The predicted octanol–water partition coefficient (Wildman–Crippen LogP) is 2.33. The van der Waals surface area contributed by atoms with Crippen LogP contribution >= 0.6 is 0 Å². The molecule has 0 saturated carbocycles. The molecule has 0 aliphatic carbocycles. The highest BCUT2D eigenvalue weighted by Crippen LogP contribution is 2.24. The minimum atomic E-state index is -0.142. The van der Waals surface area contributed by atoms with Gasteiger partial charge in [-0.2, -0.15) is 0 Å². The third kappa shape index (κ3) is 3.00. The van der Waals surface area contributed by atoms with Crippen LogP contribution in [0.4, 0.5) is 10.1 Å². The first kappa shape index (κ1) is 13.3. The normalized spacial score (nSPS) is 18.5. The number of hydrogen-bond acceptors (Lipinski definition) is 3. The van der Waals surface area contributed by atoms with Crippen LogP contribution in [0.3, 0.4) is 0 Å². The van der Waals surface area contributed by atoms with Crippen LogP contribution in [0.15, 0.2) is 18.2 Å². The summed E-state index contributed by atoms with van der Waals surface area (Å²) in [5.41, 5.74) is 1.66. The lowest BCUT2D eigenvalue weighted by Gasteiger charge is -2.23. The number of halogens is 1. The largest absolute Gasteiger partial charge is 0.380 e. The van der Waals surface area contributed by atoms with Gasteiger partial charge in [0.1, 0.15) is 5.82 Å². The first-order valence-electron chi connectivity index (χ1n) is 6.52. The summed E-state index contributed by atoms with van der Waals surface area (Å²) in [6.07, 6.45) is 0.952. The molecule has 18 heavy (non-hydrogen) atoms. The molecule has 100 valence electrons. The second-order valence-electron chi connectivity index (χ2n) is 4.67. The third-order valence-electron chi connectivity index (χ3n) is 3.47. The van der Waals surface area contributed by atoms with Crippen molar-refractivity contribution in [3.8, 4) is 0 Å². The van der Waals surface area contributed by atoms with Gasteiger partial charge < -0.3 is 15.0 Å². The fraction of sp³-hybridized carbons (Fsp3) is 0.571. The SMILES string of the molecule is CNC(C)c1ccc(N2CCCOCC2)c(F)c1. The van der Waals surface area contributed by atoms with E-state index in [1.807, 2.05) is 26.1 Å². The van der Waals surface area contributed by atoms with E-state index in [-0.39, 0.29) is 11.9 Å². The first-order chi connectivity index (χ1) is 8.72. The topological polar surface area (TPSA) is 24.5 Å². The lowest BCUT2D eigenvalue weighted by molar-refractivity contribution is 0.152. The average Bonchev–Trinajstić information content (AvgIpc) is 2.66. The molecular formula is C14H21FN2O. The predicted molar refractivity (Wildman–Crippen MR) is 71.5 cm³/mol. The van der Waals surface area contributed by atoms with Gasteiger partial charge in [0.05, 0.1) is 12.3 Å². The lowest BCUT2D eigenvalue weighted by atomic mass is 10.1. The van der Waals surface area contributed by atoms with Gasteiger partial charge in [-0.05, 0) is 38.1 Å². The summed E-state index contributed by atoms with van der Waals surface area (Å²) in [6, 6.07) is 5.67. The Morgan fingerprint density at radius 2 is 2.17 bits per heavy atom. The second kappa shape index (κ2) is 6.16. The summed E-state index contributed by atoms with van der Waals surface area (Å²) in [5.74, 6) is -0.142. The van der Waals surface area contributed by atoms with E-state index in [1.54, 1.807) is 6.07 Å². The van der Waals surface area contributed by atoms with Crippen LogP contribution in [0.5, 0.6) is 0 Å². The summed E-state index contributed by atoms with van der Waals surface area (Å²) in [5, 5.41) is 3.12. The molecule has 1 unspecified atom stereocenters. The van der Waals surface area contributed by atoms with E-state index in [1.165, 1.54) is 0 Å². The van der Waals surface area contributed by atoms with Gasteiger partial charge in [-0.25, -0.2) is 4.39 Å². The zero-order valence-corrected chi connectivity index (χ0v) is 11.1. The van der Waals surface area contributed by atoms with Crippen LogP contribution in [0.25, 0.3) is 0 Å². The zero-order chi connectivity index (χ0) is 13.0. The summed E-state index contributed by atoms with van der Waals surface area (Å²) in [7, 11) is 1.88. The summed E-state index contributed by atoms with van der Waals surface area (Å²) >= 11 is 0. The van der Waals surface area contributed by atoms with Crippen LogP contribution < -0.4 is 10.2 Å². The average molecular weight is 252 g/mol. The molecular weight excluding hydrogens is 231 g/mol. The molecule has 1 aromatic carbocycles. The highest BCUT2D eigenvalue weighted by molar-refractivity contribution is 5.49. The van der Waals surface area contributed by atoms with Crippen molar-refractivity contribution in [1.82, 2.24) is 5.32 Å². The Hall–Kier alpha value is -1.13. The fourth-order valence-corrected chi connectivity index (χ4v) is 2.20. The summed E-state index contributed by atoms with van der Waals surface area (Å²) < 4.78 is 19.5. The van der Waals surface area contributed by atoms with Gasteiger partial charge in [0.15, 0.2) is 0 Å². The molecule has 1 heterocycles. The molecule has 1 aliphatic heterocycles. The number of rotatable bonds is 3. The minimum absolute atomic E-state index is 0.142. The van der Waals surface area contributed by atoms with Crippen molar-refractivity contribution in [3.05, 3.63) is 29.6 Å². The van der Waals surface area contributed by atoms with E-state index in [0.717, 1.165) is 31.7 Å². The standard InChI is InChI=1S/C14H21FN2O/c1-11(16-2)12-4-5-14(13(15)10-12)17-6-3-8-18-9-7-17/h4-5,10-11,16H,3,6-9H2,1-2H3. The van der Waals surface area contributed by atoms with Crippen LogP contribution in [0.2, 0.25) is 0 Å². The monoisotopic (exact) mass is 252 g/mol. The van der Waals surface area contributed by atoms with Crippen LogP contribution in [0, 0.1) is 5.82 Å². The molecule has 0 radical (unpaired) electrons. The Kier molecular flexibility index (Phi) is 4.55. The maximum atomic E-state index is 14.2. The number of nitrogens with one attached hydrogen (secondary N) is 1. The van der Waals surface area contributed by atoms with E-state index in [2.05, 4.69) is 10.2 Å². The molecule has 2 rings (SSSR count). The molecule has 3 nitrogen and oxygen atoms in total. The summed E-state index contributed by atoms with van der Waals surface area (Å²) in [6.45, 7) is 5.09. The van der Waals surface area contributed by atoms with Gasteiger partial charge in [0, 0.05) is 25.7 Å². The molecule has 1 atom stereocenters. The highest BCUT2D eigenvalue weighted by Gasteiger charge is 2.15. The van der Waals surface area contributed by atoms with E-state index in [4.69, 9.17) is 4.74 Å².